The lowest BCUT2D eigenvalue weighted by atomic mass is 9.88. The van der Waals surface area contributed by atoms with Crippen molar-refractivity contribution in [3.63, 3.8) is 0 Å². The van der Waals surface area contributed by atoms with Crippen molar-refractivity contribution >= 4 is 0 Å². The molecule has 5 atom stereocenters. The highest BCUT2D eigenvalue weighted by Gasteiger charge is 2.41. The van der Waals surface area contributed by atoms with Crippen molar-refractivity contribution in [3.8, 4) is 0 Å². The van der Waals surface area contributed by atoms with Crippen LogP contribution in [0.5, 0.6) is 0 Å². The fourth-order valence-electron chi connectivity index (χ4n) is 4.27. The van der Waals surface area contributed by atoms with Crippen molar-refractivity contribution in [1.29, 1.82) is 0 Å². The molecule has 1 aliphatic heterocycles. The SMILES string of the molecule is CCC1(C)CC(NC2CC3CCC2C3)CCO1. The average Bonchev–Trinajstić information content (AvgIpc) is 2.91. The Morgan fingerprint density at radius 2 is 2.12 bits per heavy atom. The van der Waals surface area contributed by atoms with Gasteiger partial charge in [0, 0.05) is 18.7 Å². The molecule has 0 aromatic rings. The molecule has 2 bridgehead atoms. The zero-order valence-electron chi connectivity index (χ0n) is 11.4. The summed E-state index contributed by atoms with van der Waals surface area (Å²) >= 11 is 0. The van der Waals surface area contributed by atoms with Crippen LogP contribution in [0.15, 0.2) is 0 Å². The van der Waals surface area contributed by atoms with Crippen molar-refractivity contribution < 1.29 is 4.74 Å². The fourth-order valence-corrected chi connectivity index (χ4v) is 4.27. The van der Waals surface area contributed by atoms with Gasteiger partial charge in [-0.25, -0.2) is 0 Å². The molecule has 0 aromatic carbocycles. The van der Waals surface area contributed by atoms with Gasteiger partial charge in [0.25, 0.3) is 0 Å². The Labute approximate surface area is 105 Å². The minimum absolute atomic E-state index is 0.132. The molecular formula is C15H27NO. The fraction of sp³-hybridized carbons (Fsp3) is 1.00. The number of ether oxygens (including phenoxy) is 1. The van der Waals surface area contributed by atoms with E-state index in [1.165, 1.54) is 38.5 Å². The van der Waals surface area contributed by atoms with E-state index in [9.17, 15) is 0 Å². The second-order valence-corrected chi connectivity index (χ2v) is 6.79. The normalized spacial score (nSPS) is 49.8. The van der Waals surface area contributed by atoms with Crippen LogP contribution in [0.1, 0.15) is 58.8 Å². The number of nitrogens with one attached hydrogen (secondary N) is 1. The molecule has 1 heterocycles. The first-order valence-corrected chi connectivity index (χ1v) is 7.58. The number of rotatable bonds is 3. The molecule has 2 heteroatoms. The van der Waals surface area contributed by atoms with Gasteiger partial charge in [-0.3, -0.25) is 0 Å². The van der Waals surface area contributed by atoms with Crippen molar-refractivity contribution in [2.75, 3.05) is 6.61 Å². The van der Waals surface area contributed by atoms with E-state index < -0.39 is 0 Å². The Balaban J connectivity index is 1.55. The van der Waals surface area contributed by atoms with E-state index in [1.807, 2.05) is 0 Å². The monoisotopic (exact) mass is 237 g/mol. The molecule has 3 rings (SSSR count). The highest BCUT2D eigenvalue weighted by atomic mass is 16.5. The van der Waals surface area contributed by atoms with Gasteiger partial charge in [0.2, 0.25) is 0 Å². The largest absolute Gasteiger partial charge is 0.375 e. The summed E-state index contributed by atoms with van der Waals surface area (Å²) in [6, 6.07) is 1.54. The summed E-state index contributed by atoms with van der Waals surface area (Å²) in [4.78, 5) is 0. The molecule has 2 saturated carbocycles. The standard InChI is InChI=1S/C15H27NO/c1-3-15(2)10-13(6-7-17-15)16-14-9-11-4-5-12(14)8-11/h11-14,16H,3-10H2,1-2H3. The minimum Gasteiger partial charge on any atom is -0.375 e. The zero-order chi connectivity index (χ0) is 11.9. The van der Waals surface area contributed by atoms with Gasteiger partial charge in [-0.15, -0.1) is 0 Å². The quantitative estimate of drug-likeness (QED) is 0.814. The number of hydrogen-bond acceptors (Lipinski definition) is 2. The molecule has 3 fully saturated rings. The third kappa shape index (κ3) is 2.39. The van der Waals surface area contributed by atoms with Crippen LogP contribution >= 0.6 is 0 Å². The van der Waals surface area contributed by atoms with E-state index in [0.717, 1.165) is 30.9 Å². The van der Waals surface area contributed by atoms with E-state index in [4.69, 9.17) is 4.74 Å². The summed E-state index contributed by atoms with van der Waals surface area (Å²) in [5.41, 5.74) is 0.132. The summed E-state index contributed by atoms with van der Waals surface area (Å²) in [5.74, 6) is 2.05. The van der Waals surface area contributed by atoms with Gasteiger partial charge in [0.1, 0.15) is 0 Å². The lowest BCUT2D eigenvalue weighted by molar-refractivity contribution is -0.0797. The highest BCUT2D eigenvalue weighted by molar-refractivity contribution is 4.97. The third-order valence-corrected chi connectivity index (χ3v) is 5.53. The molecule has 2 nitrogen and oxygen atoms in total. The predicted octanol–water partition coefficient (Wildman–Crippen LogP) is 3.11. The third-order valence-electron chi connectivity index (χ3n) is 5.53. The second-order valence-electron chi connectivity index (χ2n) is 6.79. The van der Waals surface area contributed by atoms with Crippen LogP contribution in [0.25, 0.3) is 0 Å². The molecule has 2 aliphatic carbocycles. The molecular weight excluding hydrogens is 210 g/mol. The van der Waals surface area contributed by atoms with Crippen LogP contribution in [0.3, 0.4) is 0 Å². The van der Waals surface area contributed by atoms with Crippen LogP contribution in [0.2, 0.25) is 0 Å². The van der Waals surface area contributed by atoms with Gasteiger partial charge in [-0.05, 0) is 57.3 Å². The lowest BCUT2D eigenvalue weighted by Crippen LogP contribution is -2.49. The van der Waals surface area contributed by atoms with Gasteiger partial charge in [0.05, 0.1) is 5.60 Å². The molecule has 0 amide bonds. The molecule has 0 radical (unpaired) electrons. The number of fused-ring (bicyclic) bond motifs is 2. The lowest BCUT2D eigenvalue weighted by Gasteiger charge is -2.40. The second kappa shape index (κ2) is 4.55. The molecule has 98 valence electrons. The molecule has 0 spiro atoms. The molecule has 3 aliphatic rings. The Morgan fingerprint density at radius 3 is 2.76 bits per heavy atom. The minimum atomic E-state index is 0.132. The van der Waals surface area contributed by atoms with E-state index in [1.54, 1.807) is 0 Å². The van der Waals surface area contributed by atoms with Crippen molar-refractivity contribution in [2.24, 2.45) is 11.8 Å². The Morgan fingerprint density at radius 1 is 1.24 bits per heavy atom. The van der Waals surface area contributed by atoms with E-state index in [-0.39, 0.29) is 5.60 Å². The summed E-state index contributed by atoms with van der Waals surface area (Å²) in [6.07, 6.45) is 9.50. The summed E-state index contributed by atoms with van der Waals surface area (Å²) < 4.78 is 5.93. The maximum absolute atomic E-state index is 5.93. The molecule has 5 unspecified atom stereocenters. The van der Waals surface area contributed by atoms with Crippen molar-refractivity contribution in [3.05, 3.63) is 0 Å². The maximum Gasteiger partial charge on any atom is 0.0666 e. The van der Waals surface area contributed by atoms with Gasteiger partial charge < -0.3 is 10.1 Å². The first-order valence-electron chi connectivity index (χ1n) is 7.58. The molecule has 0 aromatic heterocycles. The van der Waals surface area contributed by atoms with Gasteiger partial charge >= 0.3 is 0 Å². The van der Waals surface area contributed by atoms with Crippen LogP contribution in [0, 0.1) is 11.8 Å². The number of hydrogen-bond donors (Lipinski definition) is 1. The first kappa shape index (κ1) is 12.0. The average molecular weight is 237 g/mol. The highest BCUT2D eigenvalue weighted by Crippen LogP contribution is 2.45. The van der Waals surface area contributed by atoms with E-state index >= 15 is 0 Å². The Bertz CT molecular complexity index is 280. The smallest absolute Gasteiger partial charge is 0.0666 e. The van der Waals surface area contributed by atoms with Crippen LogP contribution in [-0.4, -0.2) is 24.3 Å². The van der Waals surface area contributed by atoms with Gasteiger partial charge in [0.15, 0.2) is 0 Å². The van der Waals surface area contributed by atoms with Gasteiger partial charge in [-0.2, -0.15) is 0 Å². The predicted molar refractivity (Wildman–Crippen MR) is 70.0 cm³/mol. The zero-order valence-corrected chi connectivity index (χ0v) is 11.4. The van der Waals surface area contributed by atoms with Crippen molar-refractivity contribution in [2.45, 2.75) is 76.5 Å². The Hall–Kier alpha value is -0.0800. The Kier molecular flexibility index (Phi) is 3.20. The van der Waals surface area contributed by atoms with Crippen LogP contribution in [-0.2, 0) is 4.74 Å². The molecule has 1 saturated heterocycles. The van der Waals surface area contributed by atoms with E-state index in [0.29, 0.717) is 6.04 Å². The van der Waals surface area contributed by atoms with Crippen LogP contribution < -0.4 is 5.32 Å². The van der Waals surface area contributed by atoms with Gasteiger partial charge in [-0.1, -0.05) is 13.3 Å². The first-order chi connectivity index (χ1) is 8.18. The summed E-state index contributed by atoms with van der Waals surface area (Å²) in [6.45, 7) is 5.48. The topological polar surface area (TPSA) is 21.3 Å². The molecule has 1 N–H and O–H groups in total. The van der Waals surface area contributed by atoms with E-state index in [2.05, 4.69) is 19.2 Å². The van der Waals surface area contributed by atoms with Crippen molar-refractivity contribution in [1.82, 2.24) is 5.32 Å². The van der Waals surface area contributed by atoms with Crippen LogP contribution in [0.4, 0.5) is 0 Å². The molecule has 17 heavy (non-hydrogen) atoms. The maximum atomic E-state index is 5.93. The summed E-state index contributed by atoms with van der Waals surface area (Å²) in [7, 11) is 0. The summed E-state index contributed by atoms with van der Waals surface area (Å²) in [5, 5.41) is 3.96.